The number of ether oxygens (including phenoxy) is 1. The summed E-state index contributed by atoms with van der Waals surface area (Å²) in [5.74, 6) is 3.10. The highest BCUT2D eigenvalue weighted by Crippen LogP contribution is 2.67. The molecule has 5 heteroatoms. The number of fused-ring (bicyclic) bond motifs is 5. The van der Waals surface area contributed by atoms with Crippen LogP contribution in [0.5, 0.6) is 0 Å². The van der Waals surface area contributed by atoms with Crippen molar-refractivity contribution in [2.75, 3.05) is 6.61 Å². The van der Waals surface area contributed by atoms with Gasteiger partial charge in [0.25, 0.3) is 0 Å². The van der Waals surface area contributed by atoms with Crippen LogP contribution < -0.4 is 0 Å². The molecule has 36 heavy (non-hydrogen) atoms. The number of hydrogen-bond donors (Lipinski definition) is 1. The Labute approximate surface area is 216 Å². The number of unbranched alkanes of at least 4 members (excludes halogenated alkanes) is 1. The van der Waals surface area contributed by atoms with E-state index in [-0.39, 0.29) is 31.0 Å². The van der Waals surface area contributed by atoms with E-state index in [2.05, 4.69) is 19.9 Å². The number of allylic oxidation sites excluding steroid dienone is 1. The topological polar surface area (TPSA) is 29.5 Å². The van der Waals surface area contributed by atoms with Crippen LogP contribution in [0.2, 0.25) is 0 Å². The summed E-state index contributed by atoms with van der Waals surface area (Å²) in [4.78, 5) is 0. The maximum absolute atomic E-state index is 13.4. The van der Waals surface area contributed by atoms with E-state index in [1.54, 1.807) is 0 Å². The van der Waals surface area contributed by atoms with E-state index >= 15 is 0 Å². The number of aliphatic hydroxyl groups is 1. The first-order valence-corrected chi connectivity index (χ1v) is 14.9. The molecule has 0 aromatic carbocycles. The molecule has 0 aliphatic heterocycles. The lowest BCUT2D eigenvalue weighted by Gasteiger charge is -2.58. The molecule has 206 valence electrons. The van der Waals surface area contributed by atoms with Crippen molar-refractivity contribution < 1.29 is 23.0 Å². The van der Waals surface area contributed by atoms with Crippen LogP contribution in [0.4, 0.5) is 13.2 Å². The normalized spacial score (nSPS) is 41.8. The van der Waals surface area contributed by atoms with Gasteiger partial charge >= 0.3 is 6.18 Å². The van der Waals surface area contributed by atoms with Gasteiger partial charge in [-0.25, -0.2) is 0 Å². The fraction of sp³-hybridized carbons (Fsp3) is 0.935. The summed E-state index contributed by atoms with van der Waals surface area (Å²) in [6.07, 6.45) is 12.6. The van der Waals surface area contributed by atoms with Gasteiger partial charge in [-0.2, -0.15) is 13.2 Å². The maximum Gasteiger partial charge on any atom is 0.396 e. The molecule has 0 aromatic rings. The van der Waals surface area contributed by atoms with Gasteiger partial charge in [-0.1, -0.05) is 38.3 Å². The largest absolute Gasteiger partial charge is 0.396 e. The van der Waals surface area contributed by atoms with Crippen LogP contribution >= 0.6 is 0 Å². The second-order valence-corrected chi connectivity index (χ2v) is 14.6. The standard InChI is InChI=1S/C31H49F3O2/c1-27(2,35)14-6-5-7-21-9-11-25-24-10-8-22-19-23(36-20-30(17-18-30)31(32,33)34)12-15-29(22,4)26(24)13-16-28(21,25)3/h8,21,23-26,35H,5-7,9-20H2,1-4H3. The molecule has 4 saturated carbocycles. The third-order valence-corrected chi connectivity index (χ3v) is 11.9. The van der Waals surface area contributed by atoms with Gasteiger partial charge in [0.1, 0.15) is 0 Å². The van der Waals surface area contributed by atoms with Crippen LogP contribution in [0.15, 0.2) is 11.6 Å². The Morgan fingerprint density at radius 3 is 2.39 bits per heavy atom. The molecule has 0 radical (unpaired) electrons. The molecule has 1 N–H and O–H groups in total. The van der Waals surface area contributed by atoms with Gasteiger partial charge in [0.15, 0.2) is 0 Å². The fourth-order valence-electron chi connectivity index (χ4n) is 9.24. The van der Waals surface area contributed by atoms with Crippen molar-refractivity contribution in [2.24, 2.45) is 39.9 Å². The molecule has 2 nitrogen and oxygen atoms in total. The first-order chi connectivity index (χ1) is 16.8. The maximum atomic E-state index is 13.4. The van der Waals surface area contributed by atoms with Gasteiger partial charge in [0.2, 0.25) is 0 Å². The van der Waals surface area contributed by atoms with Crippen LogP contribution in [0.1, 0.15) is 118 Å². The predicted octanol–water partition coefficient (Wildman–Crippen LogP) is 8.62. The van der Waals surface area contributed by atoms with Crippen LogP contribution in [-0.2, 0) is 4.74 Å². The quantitative estimate of drug-likeness (QED) is 0.262. The van der Waals surface area contributed by atoms with E-state index in [1.165, 1.54) is 44.1 Å². The van der Waals surface area contributed by atoms with E-state index in [1.807, 2.05) is 13.8 Å². The highest BCUT2D eigenvalue weighted by Gasteiger charge is 2.64. The summed E-state index contributed by atoms with van der Waals surface area (Å²) in [5.41, 5.74) is 0.0379. The van der Waals surface area contributed by atoms with Crippen LogP contribution in [0, 0.1) is 39.9 Å². The van der Waals surface area contributed by atoms with Crippen molar-refractivity contribution in [3.63, 3.8) is 0 Å². The Bertz CT molecular complexity index is 838. The smallest absolute Gasteiger partial charge is 0.390 e. The molecular weight excluding hydrogens is 461 g/mol. The van der Waals surface area contributed by atoms with Gasteiger partial charge in [-0.05, 0) is 125 Å². The second-order valence-electron chi connectivity index (χ2n) is 14.6. The van der Waals surface area contributed by atoms with Crippen LogP contribution in [-0.4, -0.2) is 29.6 Å². The Kier molecular flexibility index (Phi) is 6.97. The number of alkyl halides is 3. The molecule has 7 unspecified atom stereocenters. The zero-order chi connectivity index (χ0) is 26.0. The van der Waals surface area contributed by atoms with Gasteiger partial charge in [-0.15, -0.1) is 0 Å². The van der Waals surface area contributed by atoms with Gasteiger partial charge in [-0.3, -0.25) is 0 Å². The number of hydrogen-bond acceptors (Lipinski definition) is 2. The Morgan fingerprint density at radius 2 is 1.72 bits per heavy atom. The Hall–Kier alpha value is -0.550. The molecule has 0 aromatic heterocycles. The minimum atomic E-state index is -4.13. The van der Waals surface area contributed by atoms with Crippen molar-refractivity contribution >= 4 is 0 Å². The predicted molar refractivity (Wildman–Crippen MR) is 137 cm³/mol. The van der Waals surface area contributed by atoms with E-state index in [4.69, 9.17) is 4.74 Å². The molecule has 0 bridgehead atoms. The number of rotatable bonds is 8. The van der Waals surface area contributed by atoms with Gasteiger partial charge < -0.3 is 9.84 Å². The van der Waals surface area contributed by atoms with E-state index in [0.29, 0.717) is 5.41 Å². The Balaban J connectivity index is 1.20. The molecule has 0 saturated heterocycles. The van der Waals surface area contributed by atoms with Gasteiger partial charge in [0.05, 0.1) is 23.7 Å². The highest BCUT2D eigenvalue weighted by molar-refractivity contribution is 5.25. The van der Waals surface area contributed by atoms with Crippen molar-refractivity contribution in [1.82, 2.24) is 0 Å². The Morgan fingerprint density at radius 1 is 0.972 bits per heavy atom. The zero-order valence-electron chi connectivity index (χ0n) is 23.1. The van der Waals surface area contributed by atoms with Crippen molar-refractivity contribution in [3.8, 4) is 0 Å². The molecule has 0 heterocycles. The molecule has 5 aliphatic carbocycles. The third-order valence-electron chi connectivity index (χ3n) is 11.9. The highest BCUT2D eigenvalue weighted by atomic mass is 19.4. The van der Waals surface area contributed by atoms with Crippen molar-refractivity contribution in [2.45, 2.75) is 135 Å². The van der Waals surface area contributed by atoms with E-state index in [0.717, 1.165) is 62.2 Å². The lowest BCUT2D eigenvalue weighted by atomic mass is 9.47. The summed E-state index contributed by atoms with van der Waals surface area (Å²) >= 11 is 0. The average Bonchev–Trinajstić information content (AvgIpc) is 3.52. The van der Waals surface area contributed by atoms with E-state index in [9.17, 15) is 18.3 Å². The molecule has 5 aliphatic rings. The van der Waals surface area contributed by atoms with Crippen molar-refractivity contribution in [1.29, 1.82) is 0 Å². The lowest BCUT2D eigenvalue weighted by molar-refractivity contribution is -0.207. The molecular formula is C31H49F3O2. The second kappa shape index (κ2) is 9.28. The summed E-state index contributed by atoms with van der Waals surface area (Å²) in [7, 11) is 0. The summed E-state index contributed by atoms with van der Waals surface area (Å²) in [6, 6.07) is 0. The van der Waals surface area contributed by atoms with Crippen LogP contribution in [0.25, 0.3) is 0 Å². The molecule has 5 rings (SSSR count). The molecule has 0 amide bonds. The summed E-state index contributed by atoms with van der Waals surface area (Å²) in [5, 5.41) is 10.1. The molecule has 0 spiro atoms. The lowest BCUT2D eigenvalue weighted by Crippen LogP contribution is -2.50. The fourth-order valence-corrected chi connectivity index (χ4v) is 9.24. The van der Waals surface area contributed by atoms with E-state index < -0.39 is 17.2 Å². The van der Waals surface area contributed by atoms with Crippen molar-refractivity contribution in [3.05, 3.63) is 11.6 Å². The summed E-state index contributed by atoms with van der Waals surface area (Å²) < 4.78 is 46.0. The molecule has 7 atom stereocenters. The zero-order valence-corrected chi connectivity index (χ0v) is 23.1. The first-order valence-electron chi connectivity index (χ1n) is 14.9. The minimum absolute atomic E-state index is 0.0469. The SMILES string of the molecule is CC(C)(O)CCCCC1CCC2C3CC=C4CC(OCC5(C(F)(F)F)CC5)CCC4(C)C3CCC12C. The minimum Gasteiger partial charge on any atom is -0.390 e. The van der Waals surface area contributed by atoms with Crippen LogP contribution in [0.3, 0.4) is 0 Å². The average molecular weight is 511 g/mol. The summed E-state index contributed by atoms with van der Waals surface area (Å²) in [6.45, 7) is 8.74. The monoisotopic (exact) mass is 510 g/mol. The molecule has 4 fully saturated rings. The number of halogens is 3. The van der Waals surface area contributed by atoms with Gasteiger partial charge in [0, 0.05) is 0 Å². The first kappa shape index (κ1) is 27.0. The third kappa shape index (κ3) is 4.82.